The number of anilines is 1. The van der Waals surface area contributed by atoms with Gasteiger partial charge in [-0.3, -0.25) is 25.8 Å². The highest BCUT2D eigenvalue weighted by Crippen LogP contribution is 2.29. The van der Waals surface area contributed by atoms with E-state index in [1.54, 1.807) is 6.07 Å². The van der Waals surface area contributed by atoms with Crippen molar-refractivity contribution < 1.29 is 14.3 Å². The van der Waals surface area contributed by atoms with E-state index in [2.05, 4.69) is 42.7 Å². The van der Waals surface area contributed by atoms with Crippen LogP contribution in [0, 0.1) is 10.1 Å². The van der Waals surface area contributed by atoms with Gasteiger partial charge in [0.2, 0.25) is 11.6 Å². The molecule has 0 fully saturated rings. The van der Waals surface area contributed by atoms with Gasteiger partial charge in [0, 0.05) is 17.7 Å². The van der Waals surface area contributed by atoms with Crippen LogP contribution in [-0.4, -0.2) is 36.1 Å². The van der Waals surface area contributed by atoms with Gasteiger partial charge < -0.3 is 5.73 Å². The van der Waals surface area contributed by atoms with Crippen LogP contribution in [0.25, 0.3) is 33.9 Å². The predicted molar refractivity (Wildman–Crippen MR) is 137 cm³/mol. The fraction of sp³-hybridized carbons (Fsp3) is 0. The number of nitrogens with one attached hydrogen (secondary N) is 2. The molecule has 188 valence electrons. The summed E-state index contributed by atoms with van der Waals surface area (Å²) in [6, 6.07) is 23.2. The van der Waals surface area contributed by atoms with Crippen molar-refractivity contribution in [3.05, 3.63) is 107 Å². The maximum absolute atomic E-state index is 13.1. The molecule has 0 aliphatic carbocycles. The van der Waals surface area contributed by atoms with Crippen molar-refractivity contribution in [2.24, 2.45) is 0 Å². The summed E-state index contributed by atoms with van der Waals surface area (Å²) in [7, 11) is 0. The van der Waals surface area contributed by atoms with E-state index in [-0.39, 0.29) is 34.3 Å². The zero-order chi connectivity index (χ0) is 26.6. The Balaban J connectivity index is 1.39. The van der Waals surface area contributed by atoms with E-state index >= 15 is 0 Å². The van der Waals surface area contributed by atoms with Crippen LogP contribution in [0.5, 0.6) is 0 Å². The van der Waals surface area contributed by atoms with Crippen LogP contribution in [0.1, 0.15) is 16.1 Å². The Morgan fingerprint density at radius 1 is 0.947 bits per heavy atom. The normalized spacial score (nSPS) is 10.6. The molecule has 0 unspecified atom stereocenters. The Kier molecular flexibility index (Phi) is 6.30. The number of nitrogens with two attached hydrogens (primary N) is 1. The second kappa shape index (κ2) is 10.0. The van der Waals surface area contributed by atoms with Crippen molar-refractivity contribution in [3.8, 4) is 28.2 Å². The lowest BCUT2D eigenvalue weighted by Gasteiger charge is -2.12. The van der Waals surface area contributed by atoms with Gasteiger partial charge in [-0.25, -0.2) is 4.63 Å². The lowest BCUT2D eigenvalue weighted by Crippen LogP contribution is -2.36. The summed E-state index contributed by atoms with van der Waals surface area (Å²) in [5.74, 6) is -0.831. The number of hydrogen-bond donors (Lipinski definition) is 3. The molecular formula is C25H19N9O4. The summed E-state index contributed by atoms with van der Waals surface area (Å²) in [6.07, 6.45) is 0. The minimum Gasteiger partial charge on any atom is -0.378 e. The van der Waals surface area contributed by atoms with E-state index in [1.807, 2.05) is 54.6 Å². The maximum Gasteiger partial charge on any atom is 0.292 e. The van der Waals surface area contributed by atoms with Crippen LogP contribution < -0.4 is 16.6 Å². The van der Waals surface area contributed by atoms with Gasteiger partial charge in [-0.1, -0.05) is 78.5 Å². The molecule has 3 aromatic carbocycles. The van der Waals surface area contributed by atoms with Gasteiger partial charge in [0.1, 0.15) is 5.69 Å². The first-order valence-electron chi connectivity index (χ1n) is 11.1. The molecule has 2 heterocycles. The first-order valence-corrected chi connectivity index (χ1v) is 11.1. The molecule has 1 amide bonds. The minimum absolute atomic E-state index is 0.0334. The number of nitro benzene ring substituents is 1. The molecular weight excluding hydrogens is 490 g/mol. The number of carbonyl (C=O) groups excluding carboxylic acids is 1. The summed E-state index contributed by atoms with van der Waals surface area (Å²) < 4.78 is 5.76. The molecule has 0 saturated heterocycles. The molecule has 38 heavy (non-hydrogen) atoms. The number of non-ortho nitro benzene ring substituents is 1. The lowest BCUT2D eigenvalue weighted by molar-refractivity contribution is -0.384. The maximum atomic E-state index is 13.1. The molecule has 0 bridgehead atoms. The van der Waals surface area contributed by atoms with Gasteiger partial charge in [-0.2, -0.15) is 4.68 Å². The van der Waals surface area contributed by atoms with Gasteiger partial charge in [0.15, 0.2) is 5.69 Å². The third-order valence-electron chi connectivity index (χ3n) is 5.58. The van der Waals surface area contributed by atoms with Gasteiger partial charge >= 0.3 is 0 Å². The Hall–Kier alpha value is -5.85. The predicted octanol–water partition coefficient (Wildman–Crippen LogP) is 3.38. The number of benzene rings is 3. The zero-order valence-electron chi connectivity index (χ0n) is 19.6. The molecule has 0 radical (unpaired) electrons. The molecule has 5 aromatic rings. The lowest BCUT2D eigenvalue weighted by atomic mass is 10.0. The van der Waals surface area contributed by atoms with Gasteiger partial charge in [-0.15, -0.1) is 5.10 Å². The largest absolute Gasteiger partial charge is 0.378 e. The number of amides is 1. The third-order valence-corrected chi connectivity index (χ3v) is 5.58. The molecule has 0 atom stereocenters. The van der Waals surface area contributed by atoms with E-state index in [4.69, 9.17) is 5.73 Å². The molecule has 0 aliphatic rings. The highest BCUT2D eigenvalue weighted by molar-refractivity contribution is 5.98. The van der Waals surface area contributed by atoms with Crippen LogP contribution in [0.2, 0.25) is 0 Å². The number of aromatic nitrogens is 5. The molecule has 0 saturated carbocycles. The SMILES string of the molecule is C=C(NNC(=O)c1nnn(-c2nonc2N)c1-c1cccc([N+](=O)[O-])c1)c1ccc(-c2ccccc2)cc1. The Bertz CT molecular complexity index is 1640. The van der Waals surface area contributed by atoms with Crippen molar-refractivity contribution >= 4 is 23.1 Å². The summed E-state index contributed by atoms with van der Waals surface area (Å²) in [5.41, 5.74) is 14.4. The van der Waals surface area contributed by atoms with Crippen molar-refractivity contribution in [1.82, 2.24) is 36.2 Å². The monoisotopic (exact) mass is 509 g/mol. The average Bonchev–Trinajstić information content (AvgIpc) is 3.58. The van der Waals surface area contributed by atoms with E-state index in [1.165, 1.54) is 18.2 Å². The van der Waals surface area contributed by atoms with Gasteiger partial charge in [-0.05, 0) is 27.0 Å². The zero-order valence-corrected chi connectivity index (χ0v) is 19.6. The molecule has 2 aromatic heterocycles. The Labute approximate surface area is 214 Å². The fourth-order valence-corrected chi connectivity index (χ4v) is 3.70. The van der Waals surface area contributed by atoms with Crippen molar-refractivity contribution in [1.29, 1.82) is 0 Å². The van der Waals surface area contributed by atoms with Crippen molar-refractivity contribution in [2.45, 2.75) is 0 Å². The van der Waals surface area contributed by atoms with Crippen LogP contribution >= 0.6 is 0 Å². The molecule has 0 spiro atoms. The Morgan fingerprint density at radius 3 is 2.34 bits per heavy atom. The number of rotatable bonds is 8. The molecule has 13 heteroatoms. The number of nitrogen functional groups attached to an aromatic ring is 1. The first-order chi connectivity index (χ1) is 18.4. The van der Waals surface area contributed by atoms with Crippen LogP contribution in [0.15, 0.2) is 90.1 Å². The summed E-state index contributed by atoms with van der Waals surface area (Å²) in [4.78, 5) is 23.9. The topological polar surface area (TPSA) is 180 Å². The smallest absolute Gasteiger partial charge is 0.292 e. The van der Waals surface area contributed by atoms with E-state index in [0.29, 0.717) is 5.70 Å². The molecule has 13 nitrogen and oxygen atoms in total. The number of nitrogens with zero attached hydrogens (tertiary/aromatic N) is 6. The van der Waals surface area contributed by atoms with Crippen LogP contribution in [-0.2, 0) is 0 Å². The standard InChI is InChI=1S/C25H19N9O4/c1-15(16-10-12-18(13-11-16)17-6-3-2-4-7-17)27-29-25(35)21-22(19-8-5-9-20(14-19)34(36)37)33(32-28-21)24-23(26)30-38-31-24/h2-14,27H,1H2,(H2,26,30)(H,29,35). The van der Waals surface area contributed by atoms with Crippen LogP contribution in [0.4, 0.5) is 11.5 Å². The second-order valence-electron chi connectivity index (χ2n) is 7.98. The minimum atomic E-state index is -0.685. The highest BCUT2D eigenvalue weighted by atomic mass is 16.6. The number of hydrazine groups is 1. The average molecular weight is 509 g/mol. The number of carbonyl (C=O) groups is 1. The second-order valence-corrected chi connectivity index (χ2v) is 7.98. The van der Waals surface area contributed by atoms with Crippen molar-refractivity contribution in [2.75, 3.05) is 5.73 Å². The highest BCUT2D eigenvalue weighted by Gasteiger charge is 2.26. The van der Waals surface area contributed by atoms with Gasteiger partial charge in [0.05, 0.1) is 10.6 Å². The van der Waals surface area contributed by atoms with E-state index < -0.39 is 10.8 Å². The fourth-order valence-electron chi connectivity index (χ4n) is 3.70. The third kappa shape index (κ3) is 4.66. The first kappa shape index (κ1) is 23.9. The van der Waals surface area contributed by atoms with Gasteiger partial charge in [0.25, 0.3) is 11.6 Å². The quantitative estimate of drug-likeness (QED) is 0.207. The molecule has 5 rings (SSSR count). The summed E-state index contributed by atoms with van der Waals surface area (Å²) in [5, 5.41) is 26.5. The summed E-state index contributed by atoms with van der Waals surface area (Å²) >= 11 is 0. The summed E-state index contributed by atoms with van der Waals surface area (Å²) in [6.45, 7) is 3.97. The molecule has 0 aliphatic heterocycles. The number of nitro groups is 1. The number of hydrogen-bond acceptors (Lipinski definition) is 10. The van der Waals surface area contributed by atoms with E-state index in [0.717, 1.165) is 21.4 Å². The molecule has 4 N–H and O–H groups in total. The Morgan fingerprint density at radius 2 is 1.66 bits per heavy atom. The van der Waals surface area contributed by atoms with Crippen molar-refractivity contribution in [3.63, 3.8) is 0 Å². The van der Waals surface area contributed by atoms with E-state index in [9.17, 15) is 14.9 Å². The van der Waals surface area contributed by atoms with Crippen LogP contribution in [0.3, 0.4) is 0 Å².